The van der Waals surface area contributed by atoms with Crippen LogP contribution >= 0.6 is 0 Å². The summed E-state index contributed by atoms with van der Waals surface area (Å²) in [5.74, 6) is 1.74. The molecule has 0 spiro atoms. The van der Waals surface area contributed by atoms with Gasteiger partial charge in [-0.3, -0.25) is 0 Å². The van der Waals surface area contributed by atoms with Gasteiger partial charge in [0.2, 0.25) is 0 Å². The molecule has 0 aliphatic heterocycles. The molecule has 5 heteroatoms. The van der Waals surface area contributed by atoms with Crippen molar-refractivity contribution in [3.8, 4) is 5.75 Å². The third-order valence-electron chi connectivity index (χ3n) is 3.17. The molecule has 0 aliphatic rings. The lowest BCUT2D eigenvalue weighted by Crippen LogP contribution is -2.22. The van der Waals surface area contributed by atoms with E-state index in [2.05, 4.69) is 49.2 Å². The highest BCUT2D eigenvalue weighted by atomic mass is 16.5. The van der Waals surface area contributed by atoms with Gasteiger partial charge >= 0.3 is 0 Å². The van der Waals surface area contributed by atoms with E-state index in [4.69, 9.17) is 4.74 Å². The first-order chi connectivity index (χ1) is 10.1. The normalized spacial score (nSPS) is 11.3. The van der Waals surface area contributed by atoms with Crippen LogP contribution in [0.5, 0.6) is 5.75 Å². The molecule has 0 unspecified atom stereocenters. The van der Waals surface area contributed by atoms with Gasteiger partial charge in [0.25, 0.3) is 0 Å². The van der Waals surface area contributed by atoms with Crippen molar-refractivity contribution in [2.75, 3.05) is 0 Å². The second kappa shape index (κ2) is 7.22. The van der Waals surface area contributed by atoms with Crippen LogP contribution in [0.25, 0.3) is 0 Å². The molecule has 1 heterocycles. The number of nitrogens with one attached hydrogen (secondary N) is 1. The third kappa shape index (κ3) is 4.29. The summed E-state index contributed by atoms with van der Waals surface area (Å²) in [6, 6.07) is 8.82. The van der Waals surface area contributed by atoms with E-state index < -0.39 is 0 Å². The van der Waals surface area contributed by atoms with E-state index >= 15 is 0 Å². The average molecular weight is 288 g/mol. The Morgan fingerprint density at radius 3 is 2.67 bits per heavy atom. The van der Waals surface area contributed by atoms with Crippen molar-refractivity contribution in [3.63, 3.8) is 0 Å². The van der Waals surface area contributed by atoms with Gasteiger partial charge in [0.15, 0.2) is 5.82 Å². The number of rotatable bonds is 7. The van der Waals surface area contributed by atoms with Crippen LogP contribution in [0.2, 0.25) is 0 Å². The van der Waals surface area contributed by atoms with Crippen molar-refractivity contribution in [2.24, 2.45) is 0 Å². The maximum Gasteiger partial charge on any atom is 0.165 e. The van der Waals surface area contributed by atoms with Gasteiger partial charge in [-0.05, 0) is 19.9 Å². The molecule has 0 aliphatic carbocycles. The quantitative estimate of drug-likeness (QED) is 0.851. The number of benzene rings is 1. The van der Waals surface area contributed by atoms with Crippen LogP contribution in [0.15, 0.2) is 30.6 Å². The fourth-order valence-corrected chi connectivity index (χ4v) is 2.06. The van der Waals surface area contributed by atoms with Crippen LogP contribution in [0, 0.1) is 0 Å². The van der Waals surface area contributed by atoms with E-state index in [1.165, 1.54) is 0 Å². The van der Waals surface area contributed by atoms with Crippen molar-refractivity contribution in [2.45, 2.75) is 52.9 Å². The monoisotopic (exact) mass is 288 g/mol. The summed E-state index contributed by atoms with van der Waals surface area (Å²) in [4.78, 5) is 4.27. The van der Waals surface area contributed by atoms with E-state index in [0.717, 1.165) is 23.7 Å². The lowest BCUT2D eigenvalue weighted by Gasteiger charge is -2.14. The average Bonchev–Trinajstić information content (AvgIpc) is 2.92. The van der Waals surface area contributed by atoms with Gasteiger partial charge in [-0.15, -0.1) is 0 Å². The van der Waals surface area contributed by atoms with Crippen molar-refractivity contribution in [3.05, 3.63) is 42.0 Å². The Balaban J connectivity index is 2.04. The van der Waals surface area contributed by atoms with Crippen LogP contribution < -0.4 is 10.1 Å². The highest BCUT2D eigenvalue weighted by Crippen LogP contribution is 2.19. The summed E-state index contributed by atoms with van der Waals surface area (Å²) in [7, 11) is 0. The fraction of sp³-hybridized carbons (Fsp3) is 0.500. The van der Waals surface area contributed by atoms with E-state index in [9.17, 15) is 0 Å². The molecule has 5 nitrogen and oxygen atoms in total. The summed E-state index contributed by atoms with van der Waals surface area (Å²) in [6.45, 7) is 9.65. The minimum absolute atomic E-state index is 0.281. The summed E-state index contributed by atoms with van der Waals surface area (Å²) in [6.07, 6.45) is 1.57. The molecule has 1 aromatic carbocycles. The van der Waals surface area contributed by atoms with Crippen LogP contribution in [-0.2, 0) is 13.2 Å². The molecular weight excluding hydrogens is 264 g/mol. The van der Waals surface area contributed by atoms with Crippen molar-refractivity contribution in [1.82, 2.24) is 20.1 Å². The molecule has 2 aromatic rings. The van der Waals surface area contributed by atoms with Gasteiger partial charge in [-0.1, -0.05) is 32.0 Å². The Morgan fingerprint density at radius 2 is 1.95 bits per heavy atom. The predicted octanol–water partition coefficient (Wildman–Crippen LogP) is 2.94. The predicted molar refractivity (Wildman–Crippen MR) is 83.2 cm³/mol. The third-order valence-corrected chi connectivity index (χ3v) is 3.17. The summed E-state index contributed by atoms with van der Waals surface area (Å²) < 4.78 is 7.83. The lowest BCUT2D eigenvalue weighted by molar-refractivity contribution is 0.279. The molecule has 0 saturated carbocycles. The molecule has 0 radical (unpaired) electrons. The van der Waals surface area contributed by atoms with Gasteiger partial charge in [0.05, 0.1) is 0 Å². The van der Waals surface area contributed by atoms with E-state index in [-0.39, 0.29) is 6.04 Å². The highest BCUT2D eigenvalue weighted by Gasteiger charge is 2.10. The largest absolute Gasteiger partial charge is 0.485 e. The SMILES string of the molecule is CC(C)NCc1ccccc1OCc1ncnn1C(C)C. The Labute approximate surface area is 126 Å². The first-order valence-electron chi connectivity index (χ1n) is 7.40. The number of hydrogen-bond donors (Lipinski definition) is 1. The molecule has 0 saturated heterocycles. The Kier molecular flexibility index (Phi) is 5.33. The van der Waals surface area contributed by atoms with Gasteiger partial charge < -0.3 is 10.1 Å². The van der Waals surface area contributed by atoms with E-state index in [1.54, 1.807) is 6.33 Å². The minimum Gasteiger partial charge on any atom is -0.485 e. The van der Waals surface area contributed by atoms with Gasteiger partial charge in [0.1, 0.15) is 18.7 Å². The van der Waals surface area contributed by atoms with Crippen LogP contribution in [0.4, 0.5) is 0 Å². The van der Waals surface area contributed by atoms with Gasteiger partial charge in [-0.25, -0.2) is 9.67 Å². The Morgan fingerprint density at radius 1 is 1.19 bits per heavy atom. The van der Waals surface area contributed by atoms with Crippen LogP contribution in [0.3, 0.4) is 0 Å². The number of aromatic nitrogens is 3. The van der Waals surface area contributed by atoms with Gasteiger partial charge in [-0.2, -0.15) is 5.10 Å². The molecule has 1 aromatic heterocycles. The summed E-state index contributed by atoms with van der Waals surface area (Å²) >= 11 is 0. The number of hydrogen-bond acceptors (Lipinski definition) is 4. The smallest absolute Gasteiger partial charge is 0.165 e. The number of para-hydroxylation sites is 1. The summed E-state index contributed by atoms with van der Waals surface area (Å²) in [5.41, 5.74) is 1.15. The Bertz CT molecular complexity index is 563. The highest BCUT2D eigenvalue weighted by molar-refractivity contribution is 5.33. The van der Waals surface area contributed by atoms with Crippen molar-refractivity contribution >= 4 is 0 Å². The molecule has 2 rings (SSSR count). The van der Waals surface area contributed by atoms with Crippen LogP contribution in [0.1, 0.15) is 45.1 Å². The lowest BCUT2D eigenvalue weighted by atomic mass is 10.2. The molecule has 114 valence electrons. The zero-order valence-corrected chi connectivity index (χ0v) is 13.2. The standard InChI is InChI=1S/C16H24N4O/c1-12(2)17-9-14-7-5-6-8-15(14)21-10-16-18-11-19-20(16)13(3)4/h5-8,11-13,17H,9-10H2,1-4H3. The van der Waals surface area contributed by atoms with E-state index in [1.807, 2.05) is 22.9 Å². The number of ether oxygens (including phenoxy) is 1. The summed E-state index contributed by atoms with van der Waals surface area (Å²) in [5, 5.41) is 7.63. The second-order valence-electron chi connectivity index (χ2n) is 5.65. The van der Waals surface area contributed by atoms with Crippen molar-refractivity contribution < 1.29 is 4.74 Å². The molecule has 0 atom stereocenters. The number of nitrogens with zero attached hydrogens (tertiary/aromatic N) is 3. The molecular formula is C16H24N4O. The molecule has 0 bridgehead atoms. The fourth-order valence-electron chi connectivity index (χ4n) is 2.06. The molecule has 0 amide bonds. The Hall–Kier alpha value is -1.88. The zero-order valence-electron chi connectivity index (χ0n) is 13.2. The maximum absolute atomic E-state index is 5.94. The topological polar surface area (TPSA) is 52.0 Å². The minimum atomic E-state index is 0.281. The second-order valence-corrected chi connectivity index (χ2v) is 5.65. The van der Waals surface area contributed by atoms with Crippen molar-refractivity contribution in [1.29, 1.82) is 0 Å². The zero-order chi connectivity index (χ0) is 15.2. The maximum atomic E-state index is 5.94. The first kappa shape index (κ1) is 15.5. The molecule has 0 fully saturated rings. The van der Waals surface area contributed by atoms with Crippen LogP contribution in [-0.4, -0.2) is 20.8 Å². The first-order valence-corrected chi connectivity index (χ1v) is 7.40. The molecule has 21 heavy (non-hydrogen) atoms. The van der Waals surface area contributed by atoms with E-state index in [0.29, 0.717) is 12.6 Å². The molecule has 1 N–H and O–H groups in total. The van der Waals surface area contributed by atoms with Gasteiger partial charge in [0, 0.05) is 24.2 Å².